The van der Waals surface area contributed by atoms with Crippen LogP contribution in [0.4, 0.5) is 14.5 Å². The molecule has 1 heterocycles. The molecule has 0 aromatic heterocycles. The summed E-state index contributed by atoms with van der Waals surface area (Å²) in [5, 5.41) is 3.15. The Morgan fingerprint density at radius 1 is 1.23 bits per heavy atom. The zero-order valence-electron chi connectivity index (χ0n) is 11.3. The highest BCUT2D eigenvalue weighted by molar-refractivity contribution is 9.10. The maximum absolute atomic E-state index is 12.2. The Hall–Kier alpha value is -2.02. The monoisotopic (exact) mass is 371 g/mol. The van der Waals surface area contributed by atoms with Gasteiger partial charge in [-0.3, -0.25) is 0 Å². The molecule has 1 aliphatic rings. The van der Waals surface area contributed by atoms with E-state index in [2.05, 4.69) is 26.0 Å². The quantitative estimate of drug-likeness (QED) is 0.845. The molecular formula is C15H12BrF2NO3. The van der Waals surface area contributed by atoms with Gasteiger partial charge in [-0.1, -0.05) is 6.07 Å². The molecule has 0 atom stereocenters. The van der Waals surface area contributed by atoms with Crippen LogP contribution in [0.15, 0.2) is 40.9 Å². The molecule has 0 saturated carbocycles. The third kappa shape index (κ3) is 3.41. The molecule has 1 aliphatic heterocycles. The summed E-state index contributed by atoms with van der Waals surface area (Å²) in [4.78, 5) is 0. The molecule has 22 heavy (non-hydrogen) atoms. The lowest BCUT2D eigenvalue weighted by Gasteiger charge is -2.10. The van der Waals surface area contributed by atoms with Crippen LogP contribution in [0, 0.1) is 0 Å². The molecule has 0 saturated heterocycles. The van der Waals surface area contributed by atoms with Crippen LogP contribution >= 0.6 is 15.9 Å². The lowest BCUT2D eigenvalue weighted by molar-refractivity contribution is -0.0498. The minimum Gasteiger partial charge on any atom is -0.454 e. The van der Waals surface area contributed by atoms with E-state index in [-0.39, 0.29) is 12.5 Å². The van der Waals surface area contributed by atoms with Crippen LogP contribution in [0.1, 0.15) is 5.56 Å². The number of hydrogen-bond acceptors (Lipinski definition) is 4. The van der Waals surface area contributed by atoms with Gasteiger partial charge in [-0.25, -0.2) is 0 Å². The highest BCUT2D eigenvalue weighted by Crippen LogP contribution is 2.40. The van der Waals surface area contributed by atoms with Crippen molar-refractivity contribution in [1.82, 2.24) is 0 Å². The average Bonchev–Trinajstić information content (AvgIpc) is 2.94. The Morgan fingerprint density at radius 3 is 2.91 bits per heavy atom. The summed E-state index contributed by atoms with van der Waals surface area (Å²) in [7, 11) is 0. The van der Waals surface area contributed by atoms with Crippen molar-refractivity contribution in [3.05, 3.63) is 46.4 Å². The van der Waals surface area contributed by atoms with Gasteiger partial charge in [-0.05, 0) is 45.8 Å². The summed E-state index contributed by atoms with van der Waals surface area (Å²) in [6.45, 7) is -2.12. The van der Waals surface area contributed by atoms with Crippen LogP contribution in [0.5, 0.6) is 17.2 Å². The Bertz CT molecular complexity index is 682. The molecule has 1 N–H and O–H groups in total. The van der Waals surface area contributed by atoms with E-state index in [9.17, 15) is 8.78 Å². The van der Waals surface area contributed by atoms with E-state index in [1.165, 1.54) is 12.1 Å². The number of ether oxygens (including phenoxy) is 3. The number of anilines is 1. The minimum absolute atomic E-state index is 0.117. The molecule has 0 aliphatic carbocycles. The number of nitrogens with one attached hydrogen (secondary N) is 1. The molecule has 116 valence electrons. The first kappa shape index (κ1) is 14.9. The summed E-state index contributed by atoms with van der Waals surface area (Å²) < 4.78 is 40.3. The minimum atomic E-state index is -2.83. The van der Waals surface area contributed by atoms with E-state index in [0.717, 1.165) is 10.0 Å². The van der Waals surface area contributed by atoms with Crippen molar-refractivity contribution in [2.75, 3.05) is 12.1 Å². The molecule has 0 bridgehead atoms. The van der Waals surface area contributed by atoms with Gasteiger partial charge in [0.25, 0.3) is 0 Å². The lowest BCUT2D eigenvalue weighted by atomic mass is 10.2. The number of hydrogen-bond donors (Lipinski definition) is 1. The molecule has 0 fully saturated rings. The highest BCUT2D eigenvalue weighted by atomic mass is 79.9. The molecule has 2 aromatic rings. The van der Waals surface area contributed by atoms with Crippen LogP contribution in [0.2, 0.25) is 0 Å². The first-order chi connectivity index (χ1) is 10.6. The van der Waals surface area contributed by atoms with Gasteiger partial charge in [0.05, 0.1) is 4.47 Å². The molecule has 0 amide bonds. The number of alkyl halides is 2. The number of fused-ring (bicyclic) bond motifs is 1. The summed E-state index contributed by atoms with van der Waals surface area (Å²) in [5.74, 6) is 1.49. The number of rotatable bonds is 5. The second-order valence-corrected chi connectivity index (χ2v) is 5.43. The Kier molecular flexibility index (Phi) is 4.33. The van der Waals surface area contributed by atoms with Gasteiger partial charge >= 0.3 is 6.61 Å². The Balaban J connectivity index is 1.69. The Morgan fingerprint density at radius 2 is 2.09 bits per heavy atom. The fourth-order valence-corrected chi connectivity index (χ4v) is 2.71. The summed E-state index contributed by atoms with van der Waals surface area (Å²) >= 11 is 3.43. The third-order valence-electron chi connectivity index (χ3n) is 3.04. The van der Waals surface area contributed by atoms with Crippen molar-refractivity contribution in [2.24, 2.45) is 0 Å². The summed E-state index contributed by atoms with van der Waals surface area (Å²) in [5.41, 5.74) is 1.66. The third-order valence-corrected chi connectivity index (χ3v) is 3.63. The van der Waals surface area contributed by atoms with Gasteiger partial charge in [0.1, 0.15) is 5.75 Å². The van der Waals surface area contributed by atoms with Crippen molar-refractivity contribution >= 4 is 21.6 Å². The van der Waals surface area contributed by atoms with Crippen LogP contribution in [0.3, 0.4) is 0 Å². The zero-order chi connectivity index (χ0) is 15.5. The first-order valence-electron chi connectivity index (χ1n) is 6.48. The number of benzene rings is 2. The molecule has 0 radical (unpaired) electrons. The van der Waals surface area contributed by atoms with Gasteiger partial charge in [-0.2, -0.15) is 8.78 Å². The van der Waals surface area contributed by atoms with E-state index in [1.807, 2.05) is 12.1 Å². The summed E-state index contributed by atoms with van der Waals surface area (Å²) in [6.07, 6.45) is 0. The standard InChI is InChI=1S/C15H12BrF2NO3/c16-12-4-9(5-13-14(12)21-8-20-13)7-19-10-2-1-3-11(6-10)22-15(17)18/h1-6,15,19H,7-8H2. The molecule has 3 rings (SSSR count). The highest BCUT2D eigenvalue weighted by Gasteiger charge is 2.17. The fourth-order valence-electron chi connectivity index (χ4n) is 2.11. The normalized spacial score (nSPS) is 12.5. The Labute approximate surface area is 134 Å². The van der Waals surface area contributed by atoms with Gasteiger partial charge in [0, 0.05) is 18.3 Å². The number of halogens is 3. The van der Waals surface area contributed by atoms with Crippen LogP contribution in [0.25, 0.3) is 0 Å². The summed E-state index contributed by atoms with van der Waals surface area (Å²) in [6, 6.07) is 10.2. The molecular weight excluding hydrogens is 360 g/mol. The van der Waals surface area contributed by atoms with Crippen LogP contribution in [-0.2, 0) is 6.54 Å². The predicted octanol–water partition coefficient (Wildman–Crippen LogP) is 4.39. The van der Waals surface area contributed by atoms with Crippen molar-refractivity contribution in [2.45, 2.75) is 13.2 Å². The largest absolute Gasteiger partial charge is 0.454 e. The van der Waals surface area contributed by atoms with E-state index in [4.69, 9.17) is 9.47 Å². The van der Waals surface area contributed by atoms with Gasteiger partial charge < -0.3 is 19.5 Å². The smallest absolute Gasteiger partial charge is 0.387 e. The molecule has 4 nitrogen and oxygen atoms in total. The molecule has 0 spiro atoms. The van der Waals surface area contributed by atoms with E-state index in [0.29, 0.717) is 23.7 Å². The maximum Gasteiger partial charge on any atom is 0.387 e. The SMILES string of the molecule is FC(F)Oc1cccc(NCc2cc(Br)c3c(c2)OCO3)c1. The van der Waals surface area contributed by atoms with Gasteiger partial charge in [0.2, 0.25) is 6.79 Å². The fraction of sp³-hybridized carbons (Fsp3) is 0.200. The van der Waals surface area contributed by atoms with Crippen LogP contribution in [-0.4, -0.2) is 13.4 Å². The van der Waals surface area contributed by atoms with E-state index >= 15 is 0 Å². The average molecular weight is 372 g/mol. The second-order valence-electron chi connectivity index (χ2n) is 4.57. The van der Waals surface area contributed by atoms with Crippen molar-refractivity contribution in [3.8, 4) is 17.2 Å². The van der Waals surface area contributed by atoms with Crippen molar-refractivity contribution in [3.63, 3.8) is 0 Å². The topological polar surface area (TPSA) is 39.7 Å². The lowest BCUT2D eigenvalue weighted by Crippen LogP contribution is -2.03. The molecule has 2 aromatic carbocycles. The molecule has 7 heteroatoms. The second kappa shape index (κ2) is 6.39. The van der Waals surface area contributed by atoms with Gasteiger partial charge in [-0.15, -0.1) is 0 Å². The molecule has 0 unspecified atom stereocenters. The zero-order valence-corrected chi connectivity index (χ0v) is 12.9. The van der Waals surface area contributed by atoms with E-state index < -0.39 is 6.61 Å². The first-order valence-corrected chi connectivity index (χ1v) is 7.28. The van der Waals surface area contributed by atoms with Gasteiger partial charge in [0.15, 0.2) is 11.5 Å². The van der Waals surface area contributed by atoms with E-state index in [1.54, 1.807) is 12.1 Å². The van der Waals surface area contributed by atoms with Crippen molar-refractivity contribution < 1.29 is 23.0 Å². The maximum atomic E-state index is 12.2. The van der Waals surface area contributed by atoms with Crippen molar-refractivity contribution in [1.29, 1.82) is 0 Å². The van der Waals surface area contributed by atoms with Crippen LogP contribution < -0.4 is 19.5 Å². The predicted molar refractivity (Wildman–Crippen MR) is 80.7 cm³/mol.